The largest absolute Gasteiger partial charge is 0.434 e. The first-order valence-corrected chi connectivity index (χ1v) is 9.47. The van der Waals surface area contributed by atoms with Crippen molar-refractivity contribution in [2.24, 2.45) is 0 Å². The summed E-state index contributed by atoms with van der Waals surface area (Å²) in [6, 6.07) is 6.48. The second kappa shape index (κ2) is 8.74. The smallest absolute Gasteiger partial charge is 0.417 e. The fraction of sp³-hybridized carbons (Fsp3) is 0.118. The van der Waals surface area contributed by atoms with Crippen LogP contribution in [0.5, 0.6) is 5.75 Å². The number of nitrogens with zero attached hydrogens (tertiary/aromatic N) is 2. The van der Waals surface area contributed by atoms with Crippen molar-refractivity contribution >= 4 is 57.7 Å². The van der Waals surface area contributed by atoms with Gasteiger partial charge in [0.15, 0.2) is 10.1 Å². The minimum absolute atomic E-state index is 0.0104. The minimum Gasteiger partial charge on any atom is -0.434 e. The number of hydrazine groups is 1. The lowest BCUT2D eigenvalue weighted by Crippen LogP contribution is -2.34. The Morgan fingerprint density at radius 2 is 2.00 bits per heavy atom. The van der Waals surface area contributed by atoms with E-state index in [2.05, 4.69) is 15.1 Å². The van der Waals surface area contributed by atoms with Gasteiger partial charge in [0.25, 0.3) is 5.91 Å². The van der Waals surface area contributed by atoms with Crippen LogP contribution in [0.3, 0.4) is 0 Å². The number of amides is 1. The maximum atomic E-state index is 12.7. The van der Waals surface area contributed by atoms with Crippen molar-refractivity contribution in [3.63, 3.8) is 0 Å². The highest BCUT2D eigenvalue weighted by atomic mass is 35.5. The number of rotatable bonds is 5. The normalized spacial score (nSPS) is 16.0. The van der Waals surface area contributed by atoms with Gasteiger partial charge in [-0.05, 0) is 30.4 Å². The van der Waals surface area contributed by atoms with Gasteiger partial charge >= 0.3 is 12.8 Å². The van der Waals surface area contributed by atoms with E-state index >= 15 is 0 Å². The molecule has 13 heteroatoms. The number of hydrogen-bond donors (Lipinski definition) is 1. The molecule has 1 aliphatic rings. The predicted molar refractivity (Wildman–Crippen MR) is 106 cm³/mol. The van der Waals surface area contributed by atoms with Gasteiger partial charge in [-0.15, -0.1) is 0 Å². The number of benzene rings is 1. The molecule has 0 atom stereocenters. The summed E-state index contributed by atoms with van der Waals surface area (Å²) in [6.45, 7) is -3.05. The molecule has 158 valence electrons. The van der Waals surface area contributed by atoms with Gasteiger partial charge in [0.2, 0.25) is 0 Å². The summed E-state index contributed by atoms with van der Waals surface area (Å²) in [4.78, 5) is 16.3. The van der Waals surface area contributed by atoms with Crippen LogP contribution < -0.4 is 10.2 Å². The van der Waals surface area contributed by atoms with E-state index in [1.807, 2.05) is 0 Å². The number of anilines is 1. The molecule has 1 saturated heterocycles. The van der Waals surface area contributed by atoms with Crippen molar-refractivity contribution in [3.8, 4) is 5.75 Å². The maximum Gasteiger partial charge on any atom is 0.417 e. The summed E-state index contributed by atoms with van der Waals surface area (Å²) in [7, 11) is 0. The van der Waals surface area contributed by atoms with E-state index < -0.39 is 24.3 Å². The summed E-state index contributed by atoms with van der Waals surface area (Å²) >= 11 is 11.8. The van der Waals surface area contributed by atoms with Crippen LogP contribution in [-0.2, 0) is 11.0 Å². The Balaban J connectivity index is 1.83. The maximum absolute atomic E-state index is 12.7. The molecule has 0 unspecified atom stereocenters. The summed E-state index contributed by atoms with van der Waals surface area (Å²) < 4.78 is 67.7. The van der Waals surface area contributed by atoms with Gasteiger partial charge in [-0.2, -0.15) is 27.0 Å². The lowest BCUT2D eigenvalue weighted by Gasteiger charge is -2.17. The number of halogens is 6. The number of thiocarbonyl (C=S) groups is 1. The third kappa shape index (κ3) is 4.99. The van der Waals surface area contributed by atoms with Gasteiger partial charge in [-0.3, -0.25) is 10.2 Å². The Morgan fingerprint density at radius 3 is 2.63 bits per heavy atom. The van der Waals surface area contributed by atoms with Gasteiger partial charge < -0.3 is 4.74 Å². The van der Waals surface area contributed by atoms with Crippen LogP contribution in [-0.4, -0.2) is 26.8 Å². The Kier molecular flexibility index (Phi) is 6.48. The number of nitrogens with one attached hydrogen (secondary N) is 1. The summed E-state index contributed by atoms with van der Waals surface area (Å²) in [5.74, 6) is -1.03. The number of hydrogen-bond acceptors (Lipinski definition) is 6. The van der Waals surface area contributed by atoms with Crippen LogP contribution in [0.25, 0.3) is 6.08 Å². The summed E-state index contributed by atoms with van der Waals surface area (Å²) in [6.07, 6.45) is -2.77. The highest BCUT2D eigenvalue weighted by Gasteiger charge is 2.35. The first-order valence-electron chi connectivity index (χ1n) is 7.87. The van der Waals surface area contributed by atoms with Crippen LogP contribution >= 0.6 is 35.6 Å². The number of pyridine rings is 1. The zero-order valence-corrected chi connectivity index (χ0v) is 16.8. The predicted octanol–water partition coefficient (Wildman–Crippen LogP) is 5.58. The molecular weight excluding hydrogens is 473 g/mol. The molecule has 1 amide bonds. The molecule has 2 heterocycles. The standard InChI is InChI=1S/C17H9ClF5N3O2S2/c18-10-6-9(17(21,22)23)7-24-13(10)25-26-14(27)12(30-16(26)29)5-8-3-1-2-4-11(8)28-15(19)20/h1-7,15H,(H,24,25)/b12-5-. The van der Waals surface area contributed by atoms with Crippen LogP contribution in [0, 0.1) is 0 Å². The third-order valence-corrected chi connectivity index (χ3v) is 5.19. The van der Waals surface area contributed by atoms with E-state index in [1.165, 1.54) is 24.3 Å². The highest BCUT2D eigenvalue weighted by Crippen LogP contribution is 2.36. The Labute approximate surface area is 180 Å². The Bertz CT molecular complexity index is 1030. The Morgan fingerprint density at radius 1 is 1.30 bits per heavy atom. The van der Waals surface area contributed by atoms with Gasteiger partial charge in [-0.25, -0.2) is 4.98 Å². The average molecular weight is 482 g/mol. The molecule has 1 N–H and O–H groups in total. The fourth-order valence-electron chi connectivity index (χ4n) is 2.29. The molecule has 0 aliphatic carbocycles. The third-order valence-electron chi connectivity index (χ3n) is 3.60. The second-order valence-electron chi connectivity index (χ2n) is 5.60. The molecule has 1 aromatic carbocycles. The van der Waals surface area contributed by atoms with E-state index in [4.69, 9.17) is 23.8 Å². The number of ether oxygens (including phenoxy) is 1. The molecule has 0 radical (unpaired) electrons. The number of para-hydroxylation sites is 1. The number of carbonyl (C=O) groups excluding carboxylic acids is 1. The lowest BCUT2D eigenvalue weighted by atomic mass is 10.2. The van der Waals surface area contributed by atoms with E-state index in [9.17, 15) is 26.7 Å². The first-order chi connectivity index (χ1) is 14.1. The zero-order valence-electron chi connectivity index (χ0n) is 14.4. The van der Waals surface area contributed by atoms with Crippen molar-refractivity contribution in [1.82, 2.24) is 9.99 Å². The second-order valence-corrected chi connectivity index (χ2v) is 7.68. The first kappa shape index (κ1) is 22.2. The van der Waals surface area contributed by atoms with Gasteiger partial charge in [0.05, 0.1) is 15.5 Å². The molecule has 0 spiro atoms. The molecule has 30 heavy (non-hydrogen) atoms. The molecular formula is C17H9ClF5N3O2S2. The van der Waals surface area contributed by atoms with Crippen LogP contribution in [0.2, 0.25) is 5.02 Å². The van der Waals surface area contributed by atoms with Crippen molar-refractivity contribution in [3.05, 3.63) is 57.6 Å². The number of alkyl halides is 5. The highest BCUT2D eigenvalue weighted by molar-refractivity contribution is 8.26. The molecule has 1 aliphatic heterocycles. The number of carbonyl (C=O) groups is 1. The van der Waals surface area contributed by atoms with E-state index in [0.717, 1.165) is 16.8 Å². The fourth-order valence-corrected chi connectivity index (χ4v) is 3.67. The molecule has 2 aromatic rings. The SMILES string of the molecule is O=C1/C(=C/c2ccccc2OC(F)F)SC(=S)N1Nc1ncc(C(F)(F)F)cc1Cl. The van der Waals surface area contributed by atoms with E-state index in [1.54, 1.807) is 6.07 Å². The number of thioether (sulfide) groups is 1. The van der Waals surface area contributed by atoms with Crippen molar-refractivity contribution in [2.45, 2.75) is 12.8 Å². The topological polar surface area (TPSA) is 54.5 Å². The number of aromatic nitrogens is 1. The van der Waals surface area contributed by atoms with Crippen LogP contribution in [0.4, 0.5) is 27.8 Å². The molecule has 5 nitrogen and oxygen atoms in total. The summed E-state index contributed by atoms with van der Waals surface area (Å²) in [5, 5.41) is 0.489. The van der Waals surface area contributed by atoms with Crippen LogP contribution in [0.1, 0.15) is 11.1 Å². The van der Waals surface area contributed by atoms with Crippen LogP contribution in [0.15, 0.2) is 41.4 Å². The van der Waals surface area contributed by atoms with E-state index in [-0.39, 0.29) is 31.4 Å². The molecule has 3 rings (SSSR count). The van der Waals surface area contributed by atoms with Crippen molar-refractivity contribution < 1.29 is 31.5 Å². The molecule has 1 fully saturated rings. The molecule has 0 saturated carbocycles. The van der Waals surface area contributed by atoms with Crippen molar-refractivity contribution in [1.29, 1.82) is 0 Å². The quantitative estimate of drug-likeness (QED) is 0.342. The van der Waals surface area contributed by atoms with E-state index in [0.29, 0.717) is 12.3 Å². The Hall–Kier alpha value is -2.44. The zero-order chi connectivity index (χ0) is 22.1. The van der Waals surface area contributed by atoms with Crippen molar-refractivity contribution in [2.75, 3.05) is 5.43 Å². The minimum atomic E-state index is -4.63. The van der Waals surface area contributed by atoms with Gasteiger partial charge in [-0.1, -0.05) is 41.6 Å². The molecule has 0 bridgehead atoms. The van der Waals surface area contributed by atoms with Gasteiger partial charge in [0.1, 0.15) is 5.75 Å². The summed E-state index contributed by atoms with van der Waals surface area (Å²) in [5.41, 5.74) is 1.62. The van der Waals surface area contributed by atoms with Gasteiger partial charge in [0, 0.05) is 11.8 Å². The lowest BCUT2D eigenvalue weighted by molar-refractivity contribution is -0.137. The average Bonchev–Trinajstić information content (AvgIpc) is 2.91. The molecule has 1 aromatic heterocycles. The monoisotopic (exact) mass is 481 g/mol.